The van der Waals surface area contributed by atoms with Crippen molar-refractivity contribution in [1.82, 2.24) is 4.90 Å². The highest BCUT2D eigenvalue weighted by Crippen LogP contribution is 2.27. The van der Waals surface area contributed by atoms with Gasteiger partial charge >= 0.3 is 0 Å². The summed E-state index contributed by atoms with van der Waals surface area (Å²) in [7, 11) is 1.57. The second kappa shape index (κ2) is 6.95. The number of rotatable bonds is 5. The Kier molecular flexibility index (Phi) is 5.00. The highest BCUT2D eigenvalue weighted by molar-refractivity contribution is 5.97. The quantitative estimate of drug-likeness (QED) is 0.828. The van der Waals surface area contributed by atoms with E-state index in [2.05, 4.69) is 6.07 Å². The Hall–Kier alpha value is -2.02. The van der Waals surface area contributed by atoms with Crippen LogP contribution >= 0.6 is 0 Å². The van der Waals surface area contributed by atoms with Crippen LogP contribution in [-0.4, -0.2) is 30.5 Å². The molecule has 20 heavy (non-hydrogen) atoms. The first-order valence-electron chi connectivity index (χ1n) is 7.09. The van der Waals surface area contributed by atoms with Crippen molar-refractivity contribution in [2.75, 3.05) is 13.7 Å². The number of hydrogen-bond acceptors (Lipinski definition) is 3. The van der Waals surface area contributed by atoms with Crippen LogP contribution in [0.15, 0.2) is 24.3 Å². The third-order valence-electron chi connectivity index (χ3n) is 3.83. The minimum Gasteiger partial charge on any atom is -0.496 e. The topological polar surface area (TPSA) is 53.3 Å². The van der Waals surface area contributed by atoms with Gasteiger partial charge in [0.15, 0.2) is 0 Å². The molecule has 106 valence electrons. The minimum atomic E-state index is -0.0235. The number of hydrogen-bond donors (Lipinski definition) is 0. The molecule has 1 aliphatic carbocycles. The Morgan fingerprint density at radius 2 is 2.10 bits per heavy atom. The molecule has 0 N–H and O–H groups in total. The summed E-state index contributed by atoms with van der Waals surface area (Å²) in [4.78, 5) is 14.6. The summed E-state index contributed by atoms with van der Waals surface area (Å²) in [6, 6.07) is 9.67. The van der Waals surface area contributed by atoms with Crippen LogP contribution in [0, 0.1) is 11.3 Å². The summed E-state index contributed by atoms with van der Waals surface area (Å²) in [5.41, 5.74) is 0.583. The maximum atomic E-state index is 12.8. The third-order valence-corrected chi connectivity index (χ3v) is 3.83. The first-order chi connectivity index (χ1) is 9.77. The number of para-hydroxylation sites is 1. The second-order valence-corrected chi connectivity index (χ2v) is 5.05. The maximum Gasteiger partial charge on any atom is 0.257 e. The lowest BCUT2D eigenvalue weighted by molar-refractivity contribution is 0.0683. The molecule has 4 heteroatoms. The number of amides is 1. The van der Waals surface area contributed by atoms with Crippen molar-refractivity contribution in [2.45, 2.75) is 38.1 Å². The lowest BCUT2D eigenvalue weighted by Gasteiger charge is -2.28. The Bertz CT molecular complexity index is 501. The van der Waals surface area contributed by atoms with Crippen LogP contribution in [0.5, 0.6) is 5.75 Å². The number of carbonyl (C=O) groups excluding carboxylic acids is 1. The largest absolute Gasteiger partial charge is 0.496 e. The van der Waals surface area contributed by atoms with Gasteiger partial charge in [-0.2, -0.15) is 5.26 Å². The van der Waals surface area contributed by atoms with Gasteiger partial charge in [-0.05, 0) is 25.0 Å². The standard InChI is InChI=1S/C16H20N2O2/c1-20-15-10-5-4-9-14(15)16(19)18(12-6-11-17)13-7-2-3-8-13/h4-5,9-10,13H,2-3,6-8,12H2,1H3. The van der Waals surface area contributed by atoms with Crippen LogP contribution in [-0.2, 0) is 0 Å². The van der Waals surface area contributed by atoms with Crippen molar-refractivity contribution < 1.29 is 9.53 Å². The molecular formula is C16H20N2O2. The first-order valence-corrected chi connectivity index (χ1v) is 7.09. The van der Waals surface area contributed by atoms with Crippen molar-refractivity contribution in [3.05, 3.63) is 29.8 Å². The van der Waals surface area contributed by atoms with E-state index in [9.17, 15) is 4.79 Å². The van der Waals surface area contributed by atoms with Gasteiger partial charge < -0.3 is 9.64 Å². The van der Waals surface area contributed by atoms with Crippen molar-refractivity contribution in [2.24, 2.45) is 0 Å². The summed E-state index contributed by atoms with van der Waals surface area (Å²) >= 11 is 0. The van der Waals surface area contributed by atoms with Crippen LogP contribution in [0.1, 0.15) is 42.5 Å². The normalized spacial score (nSPS) is 14.8. The number of carbonyl (C=O) groups is 1. The average Bonchev–Trinajstić information content (AvgIpc) is 3.01. The molecule has 4 nitrogen and oxygen atoms in total. The molecule has 1 aromatic rings. The Labute approximate surface area is 120 Å². The van der Waals surface area contributed by atoms with E-state index in [0.717, 1.165) is 25.7 Å². The van der Waals surface area contributed by atoms with Crippen molar-refractivity contribution >= 4 is 5.91 Å². The smallest absolute Gasteiger partial charge is 0.257 e. The lowest BCUT2D eigenvalue weighted by atomic mass is 10.1. The summed E-state index contributed by atoms with van der Waals surface area (Å²) in [6.07, 6.45) is 4.76. The summed E-state index contributed by atoms with van der Waals surface area (Å²) in [6.45, 7) is 0.498. The van der Waals surface area contributed by atoms with Gasteiger partial charge in [0.2, 0.25) is 0 Å². The van der Waals surface area contributed by atoms with Crippen LogP contribution in [0.3, 0.4) is 0 Å². The van der Waals surface area contributed by atoms with Crippen molar-refractivity contribution in [3.8, 4) is 11.8 Å². The van der Waals surface area contributed by atoms with Crippen molar-refractivity contribution in [3.63, 3.8) is 0 Å². The first kappa shape index (κ1) is 14.4. The van der Waals surface area contributed by atoms with Gasteiger partial charge in [-0.25, -0.2) is 0 Å². The van der Waals surface area contributed by atoms with E-state index >= 15 is 0 Å². The number of methoxy groups -OCH3 is 1. The highest BCUT2D eigenvalue weighted by atomic mass is 16.5. The number of ether oxygens (including phenoxy) is 1. The fourth-order valence-electron chi connectivity index (χ4n) is 2.81. The predicted molar refractivity (Wildman–Crippen MR) is 76.5 cm³/mol. The molecule has 0 atom stereocenters. The molecule has 0 aliphatic heterocycles. The zero-order valence-corrected chi connectivity index (χ0v) is 11.8. The molecule has 1 fully saturated rings. The number of nitriles is 1. The molecule has 0 radical (unpaired) electrons. The van der Waals surface area contributed by atoms with Gasteiger partial charge in [-0.3, -0.25) is 4.79 Å². The summed E-state index contributed by atoms with van der Waals surface area (Å²) < 4.78 is 5.27. The lowest BCUT2D eigenvalue weighted by Crippen LogP contribution is -2.39. The Morgan fingerprint density at radius 1 is 1.40 bits per heavy atom. The average molecular weight is 272 g/mol. The van der Waals surface area contributed by atoms with Crippen LogP contribution in [0.4, 0.5) is 0 Å². The molecule has 0 unspecified atom stereocenters. The zero-order valence-electron chi connectivity index (χ0n) is 11.8. The molecule has 1 amide bonds. The van der Waals surface area contributed by atoms with Crippen LogP contribution in [0.25, 0.3) is 0 Å². The monoisotopic (exact) mass is 272 g/mol. The molecule has 0 bridgehead atoms. The molecule has 1 aliphatic rings. The van der Waals surface area contributed by atoms with E-state index < -0.39 is 0 Å². The maximum absolute atomic E-state index is 12.8. The molecule has 2 rings (SSSR count). The molecule has 0 spiro atoms. The molecule has 0 heterocycles. The minimum absolute atomic E-state index is 0.0235. The van der Waals surface area contributed by atoms with Gasteiger partial charge in [0.25, 0.3) is 5.91 Å². The predicted octanol–water partition coefficient (Wildman–Crippen LogP) is 2.99. The fraction of sp³-hybridized carbons (Fsp3) is 0.500. The molecule has 0 aromatic heterocycles. The van der Waals surface area contributed by atoms with E-state index in [1.165, 1.54) is 0 Å². The molecular weight excluding hydrogens is 252 g/mol. The third kappa shape index (κ3) is 3.11. The molecule has 1 saturated carbocycles. The number of benzene rings is 1. The van der Waals surface area contributed by atoms with E-state index in [1.54, 1.807) is 19.2 Å². The van der Waals surface area contributed by atoms with E-state index in [4.69, 9.17) is 10.00 Å². The fourth-order valence-corrected chi connectivity index (χ4v) is 2.81. The Morgan fingerprint density at radius 3 is 2.75 bits per heavy atom. The van der Waals surface area contributed by atoms with Crippen molar-refractivity contribution in [1.29, 1.82) is 5.26 Å². The van der Waals surface area contributed by atoms with Crippen LogP contribution in [0.2, 0.25) is 0 Å². The SMILES string of the molecule is COc1ccccc1C(=O)N(CCC#N)C1CCCC1. The van der Waals surface area contributed by atoms with Crippen LogP contribution < -0.4 is 4.74 Å². The highest BCUT2D eigenvalue weighted by Gasteiger charge is 2.28. The summed E-state index contributed by atoms with van der Waals surface area (Å²) in [5.74, 6) is 0.571. The zero-order chi connectivity index (χ0) is 14.4. The Balaban J connectivity index is 2.23. The molecule has 1 aromatic carbocycles. The molecule has 0 saturated heterocycles. The van der Waals surface area contributed by atoms with Gasteiger partial charge in [0.05, 0.1) is 25.2 Å². The van der Waals surface area contributed by atoms with E-state index in [-0.39, 0.29) is 11.9 Å². The van der Waals surface area contributed by atoms with Gasteiger partial charge in [-0.15, -0.1) is 0 Å². The second-order valence-electron chi connectivity index (χ2n) is 5.05. The van der Waals surface area contributed by atoms with Gasteiger partial charge in [0, 0.05) is 12.6 Å². The van der Waals surface area contributed by atoms with E-state index in [1.807, 2.05) is 17.0 Å². The van der Waals surface area contributed by atoms with Gasteiger partial charge in [-0.1, -0.05) is 25.0 Å². The van der Waals surface area contributed by atoms with Gasteiger partial charge in [0.1, 0.15) is 5.75 Å². The number of nitrogens with zero attached hydrogens (tertiary/aromatic N) is 2. The van der Waals surface area contributed by atoms with E-state index in [0.29, 0.717) is 24.3 Å². The summed E-state index contributed by atoms with van der Waals surface area (Å²) in [5, 5.41) is 8.80.